The minimum atomic E-state index is -4.36. The zero-order chi connectivity index (χ0) is 23.9. The van der Waals surface area contributed by atoms with Crippen LogP contribution in [0.4, 0.5) is 13.2 Å². The van der Waals surface area contributed by atoms with E-state index >= 15 is 0 Å². The van der Waals surface area contributed by atoms with Crippen molar-refractivity contribution in [1.82, 2.24) is 19.9 Å². The summed E-state index contributed by atoms with van der Waals surface area (Å²) < 4.78 is 45.5. The fourth-order valence-electron chi connectivity index (χ4n) is 5.36. The minimum absolute atomic E-state index is 0.117. The third-order valence-corrected chi connectivity index (χ3v) is 7.01. The topological polar surface area (TPSA) is 68.2 Å². The van der Waals surface area contributed by atoms with Gasteiger partial charge in [0.2, 0.25) is 5.82 Å². The van der Waals surface area contributed by atoms with Crippen LogP contribution in [0.25, 0.3) is 11.5 Å². The summed E-state index contributed by atoms with van der Waals surface area (Å²) in [6, 6.07) is 9.55. The van der Waals surface area contributed by atoms with Gasteiger partial charge >= 0.3 is 6.18 Å². The van der Waals surface area contributed by atoms with E-state index in [9.17, 15) is 18.0 Å². The van der Waals surface area contributed by atoms with Crippen LogP contribution in [-0.4, -0.2) is 52.6 Å². The molecule has 6 nitrogen and oxygen atoms in total. The Morgan fingerprint density at radius 3 is 2.53 bits per heavy atom. The molecule has 5 rings (SSSR count). The SMILES string of the molecule is COCCc1ccc2nc(C(=O)N3C[C@H]4C[C@@H](c5ccccc5C(F)(F)F)C[C@H]4C3)nc-2nc1. The molecule has 1 aromatic rings. The Morgan fingerprint density at radius 1 is 1.09 bits per heavy atom. The molecule has 3 atom stereocenters. The first kappa shape index (κ1) is 22.7. The van der Waals surface area contributed by atoms with E-state index in [0.29, 0.717) is 49.6 Å². The molecule has 0 N–H and O–H groups in total. The summed E-state index contributed by atoms with van der Waals surface area (Å²) >= 11 is 0. The molecule has 0 bridgehead atoms. The maximum absolute atomic E-state index is 13.5. The second-order valence-electron chi connectivity index (χ2n) is 9.15. The monoisotopic (exact) mass is 470 g/mol. The fraction of sp³-hybridized carbons (Fsp3) is 0.440. The highest BCUT2D eigenvalue weighted by Gasteiger charge is 2.45. The number of halogens is 3. The maximum Gasteiger partial charge on any atom is 0.416 e. The first-order chi connectivity index (χ1) is 16.3. The number of aromatic nitrogens is 3. The van der Waals surface area contributed by atoms with Crippen LogP contribution >= 0.6 is 0 Å². The molecule has 1 aliphatic carbocycles. The highest BCUT2D eigenvalue weighted by atomic mass is 19.4. The van der Waals surface area contributed by atoms with Crippen molar-refractivity contribution in [3.8, 4) is 11.5 Å². The fourth-order valence-corrected chi connectivity index (χ4v) is 5.36. The van der Waals surface area contributed by atoms with Crippen LogP contribution in [0.3, 0.4) is 0 Å². The number of imidazole rings is 1. The van der Waals surface area contributed by atoms with E-state index in [1.165, 1.54) is 6.07 Å². The van der Waals surface area contributed by atoms with Gasteiger partial charge in [-0.15, -0.1) is 0 Å². The van der Waals surface area contributed by atoms with Crippen LogP contribution in [0.5, 0.6) is 0 Å². The van der Waals surface area contributed by atoms with Crippen molar-refractivity contribution in [3.05, 3.63) is 65.1 Å². The smallest absolute Gasteiger partial charge is 0.384 e. The molecule has 3 aliphatic heterocycles. The van der Waals surface area contributed by atoms with Gasteiger partial charge in [-0.3, -0.25) is 4.79 Å². The number of nitrogens with zero attached hydrogens (tertiary/aromatic N) is 4. The van der Waals surface area contributed by atoms with Crippen molar-refractivity contribution in [2.45, 2.75) is 31.4 Å². The lowest BCUT2D eigenvalue weighted by molar-refractivity contribution is -0.138. The maximum atomic E-state index is 13.5. The number of likely N-dealkylation sites (tertiary alicyclic amines) is 1. The van der Waals surface area contributed by atoms with Gasteiger partial charge in [0.15, 0.2) is 5.82 Å². The molecular formula is C25H25F3N4O2. The molecular weight excluding hydrogens is 445 g/mol. The van der Waals surface area contributed by atoms with Gasteiger partial charge in [0, 0.05) is 26.4 Å². The van der Waals surface area contributed by atoms with Gasteiger partial charge in [-0.05, 0) is 60.3 Å². The molecule has 0 unspecified atom stereocenters. The normalized spacial score (nSPS) is 22.4. The van der Waals surface area contributed by atoms with Gasteiger partial charge in [-0.2, -0.15) is 13.2 Å². The van der Waals surface area contributed by atoms with Crippen LogP contribution in [0.2, 0.25) is 0 Å². The Kier molecular flexibility index (Phi) is 5.97. The molecule has 1 amide bonds. The number of carbonyl (C=O) groups excluding carboxylic acids is 1. The molecule has 1 aromatic carbocycles. The summed E-state index contributed by atoms with van der Waals surface area (Å²) in [6.45, 7) is 1.61. The highest BCUT2D eigenvalue weighted by molar-refractivity contribution is 5.92. The second-order valence-corrected chi connectivity index (χ2v) is 9.15. The van der Waals surface area contributed by atoms with Gasteiger partial charge in [-0.25, -0.2) is 15.0 Å². The minimum Gasteiger partial charge on any atom is -0.384 e. The quantitative estimate of drug-likeness (QED) is 0.551. The molecule has 0 aromatic heterocycles. The molecule has 3 heterocycles. The van der Waals surface area contributed by atoms with Crippen molar-refractivity contribution in [2.24, 2.45) is 11.8 Å². The van der Waals surface area contributed by atoms with Gasteiger partial charge < -0.3 is 9.64 Å². The molecule has 2 fully saturated rings. The van der Waals surface area contributed by atoms with E-state index in [-0.39, 0.29) is 29.5 Å². The molecule has 178 valence electrons. The lowest BCUT2D eigenvalue weighted by atomic mass is 9.91. The number of fused-ring (bicyclic) bond motifs is 2. The van der Waals surface area contributed by atoms with E-state index in [2.05, 4.69) is 15.0 Å². The van der Waals surface area contributed by atoms with Crippen molar-refractivity contribution in [1.29, 1.82) is 0 Å². The average molecular weight is 470 g/mol. The number of ether oxygens (including phenoxy) is 1. The number of hydrogen-bond donors (Lipinski definition) is 0. The van der Waals surface area contributed by atoms with E-state index in [0.717, 1.165) is 18.1 Å². The summed E-state index contributed by atoms with van der Waals surface area (Å²) in [6.07, 6.45) is -0.635. The van der Waals surface area contributed by atoms with Crippen LogP contribution in [-0.2, 0) is 17.3 Å². The average Bonchev–Trinajstić information content (AvgIpc) is 3.48. The second kappa shape index (κ2) is 8.94. The Hall–Kier alpha value is -3.07. The number of carbonyl (C=O) groups is 1. The van der Waals surface area contributed by atoms with Crippen molar-refractivity contribution >= 4 is 5.91 Å². The Bertz CT molecular complexity index is 1120. The summed E-state index contributed by atoms with van der Waals surface area (Å²) in [7, 11) is 1.64. The Morgan fingerprint density at radius 2 is 1.82 bits per heavy atom. The summed E-state index contributed by atoms with van der Waals surface area (Å²) in [5.74, 6) is 0.500. The summed E-state index contributed by atoms with van der Waals surface area (Å²) in [5.41, 5.74) is 1.37. The lowest BCUT2D eigenvalue weighted by Crippen LogP contribution is -2.30. The summed E-state index contributed by atoms with van der Waals surface area (Å²) in [5, 5.41) is 0. The molecule has 9 heteroatoms. The number of hydrogen-bond acceptors (Lipinski definition) is 5. The van der Waals surface area contributed by atoms with Gasteiger partial charge in [0.25, 0.3) is 5.91 Å². The number of rotatable bonds is 5. The van der Waals surface area contributed by atoms with Crippen molar-refractivity contribution < 1.29 is 22.7 Å². The van der Waals surface area contributed by atoms with E-state index in [1.807, 2.05) is 6.07 Å². The van der Waals surface area contributed by atoms with E-state index in [4.69, 9.17) is 4.74 Å². The lowest BCUT2D eigenvalue weighted by Gasteiger charge is -2.21. The van der Waals surface area contributed by atoms with Gasteiger partial charge in [-0.1, -0.05) is 24.3 Å². The number of amides is 1. The van der Waals surface area contributed by atoms with Crippen LogP contribution in [0.15, 0.2) is 42.6 Å². The van der Waals surface area contributed by atoms with E-state index < -0.39 is 11.7 Å². The third-order valence-electron chi connectivity index (χ3n) is 7.01. The zero-order valence-corrected chi connectivity index (χ0v) is 18.8. The van der Waals surface area contributed by atoms with Crippen LogP contribution in [0, 0.1) is 11.8 Å². The predicted molar refractivity (Wildman–Crippen MR) is 118 cm³/mol. The third kappa shape index (κ3) is 4.36. The summed E-state index contributed by atoms with van der Waals surface area (Å²) in [4.78, 5) is 27.9. The first-order valence-corrected chi connectivity index (χ1v) is 11.4. The van der Waals surface area contributed by atoms with Crippen molar-refractivity contribution in [3.63, 3.8) is 0 Å². The standard InChI is InChI=1S/C25H25F3N4O2/c1-34-9-8-15-6-7-21-22(29-12-15)31-23(30-21)24(33)32-13-17-10-16(11-18(17)14-32)19-4-2-3-5-20(19)25(26,27)28/h2-7,12,16-18H,8-11,13-14H2,1H3/t16-,17-,18+. The Labute approximate surface area is 195 Å². The van der Waals surface area contributed by atoms with Gasteiger partial charge in [0.1, 0.15) is 5.69 Å². The highest BCUT2D eigenvalue weighted by Crippen LogP contribution is 2.49. The molecule has 1 saturated heterocycles. The Balaban J connectivity index is 1.27. The molecule has 1 saturated carbocycles. The van der Waals surface area contributed by atoms with Gasteiger partial charge in [0.05, 0.1) is 12.2 Å². The molecule has 0 spiro atoms. The predicted octanol–water partition coefficient (Wildman–Crippen LogP) is 4.45. The molecule has 0 radical (unpaired) electrons. The molecule has 34 heavy (non-hydrogen) atoms. The van der Waals surface area contributed by atoms with E-state index in [1.54, 1.807) is 36.4 Å². The largest absolute Gasteiger partial charge is 0.416 e. The molecule has 4 aliphatic rings. The van der Waals surface area contributed by atoms with Crippen molar-refractivity contribution in [2.75, 3.05) is 26.8 Å². The number of alkyl halides is 3. The number of benzene rings is 1. The van der Waals surface area contributed by atoms with Crippen LogP contribution in [0.1, 0.15) is 46.1 Å². The zero-order valence-electron chi connectivity index (χ0n) is 18.8. The number of methoxy groups -OCH3 is 1. The first-order valence-electron chi connectivity index (χ1n) is 11.4. The van der Waals surface area contributed by atoms with Crippen LogP contribution < -0.4 is 0 Å².